The maximum Gasteiger partial charge on any atom is 0.408 e. The number of alkyl carbamates (subject to hydrolysis) is 1. The summed E-state index contributed by atoms with van der Waals surface area (Å²) in [7, 11) is 0. The zero-order valence-electron chi connectivity index (χ0n) is 62.8. The second-order valence-electron chi connectivity index (χ2n) is 30.8. The number of ether oxygens (including phenoxy) is 8. The highest BCUT2D eigenvalue weighted by Gasteiger charge is 2.80. The molecule has 588 valence electrons. The van der Waals surface area contributed by atoms with Crippen molar-refractivity contribution < 1.29 is 99.7 Å². The number of amides is 8. The summed E-state index contributed by atoms with van der Waals surface area (Å²) in [6.45, 7) is 16.6. The molecule has 0 bridgehead atoms. The number of alkyl halides is 2. The molecule has 1 aromatic rings. The molecule has 27 nitrogen and oxygen atoms in total. The number of aliphatic hydroxyl groups is 1. The summed E-state index contributed by atoms with van der Waals surface area (Å²) >= 11 is 0. The minimum absolute atomic E-state index is 0.0435. The number of hydrogen-bond donors (Lipinski definition) is 9. The molecular weight excluding hydrogens is 1380 g/mol. The number of carbonyl (C=O) groups excluding carboxylic acids is 10. The van der Waals surface area contributed by atoms with Gasteiger partial charge in [-0.1, -0.05) is 66.2 Å². The van der Waals surface area contributed by atoms with Crippen LogP contribution in [-0.4, -0.2) is 196 Å². The number of carbonyl (C=O) groups is 10. The first-order valence-corrected chi connectivity index (χ1v) is 37.7. The van der Waals surface area contributed by atoms with E-state index in [1.54, 1.807) is 32.9 Å². The number of nitrogens with one attached hydrogen (secondary N) is 7. The molecule has 8 amide bonds. The number of benzene rings is 1. The van der Waals surface area contributed by atoms with Gasteiger partial charge in [0.15, 0.2) is 29.9 Å². The van der Waals surface area contributed by atoms with Gasteiger partial charge >= 0.3 is 18.1 Å². The number of Topliss-reactive ketones (excluding diaryl/α,β-unsaturated/α-hetero) is 1. The second-order valence-corrected chi connectivity index (χ2v) is 30.8. The Morgan fingerprint density at radius 1 is 0.764 bits per heavy atom. The van der Waals surface area contributed by atoms with Crippen molar-refractivity contribution in [3.8, 4) is 11.8 Å². The number of halogens is 2. The molecule has 29 heteroatoms. The molecule has 4 saturated carbocycles. The Hall–Kier alpha value is -7.46. The average molecular weight is 1490 g/mol. The molecule has 16 atom stereocenters. The summed E-state index contributed by atoms with van der Waals surface area (Å²) in [6.07, 6.45) is 3.78. The Kier molecular flexibility index (Phi) is 30.2. The van der Waals surface area contributed by atoms with Crippen LogP contribution in [0.1, 0.15) is 164 Å². The molecule has 0 aromatic heterocycles. The highest BCUT2D eigenvalue weighted by molar-refractivity contribution is 6.02. The van der Waals surface area contributed by atoms with Crippen molar-refractivity contribution in [3.05, 3.63) is 53.6 Å². The lowest BCUT2D eigenvalue weighted by atomic mass is 9.44. The number of anilines is 1. The molecule has 10 N–H and O–H groups in total. The molecule has 6 aliphatic carbocycles. The van der Waals surface area contributed by atoms with Crippen molar-refractivity contribution in [1.82, 2.24) is 31.9 Å². The second kappa shape index (κ2) is 38.1. The minimum Gasteiger partial charge on any atom is -0.456 e. The van der Waals surface area contributed by atoms with Gasteiger partial charge in [-0.3, -0.25) is 33.6 Å². The van der Waals surface area contributed by atoms with Crippen molar-refractivity contribution >= 4 is 64.9 Å². The van der Waals surface area contributed by atoms with Gasteiger partial charge in [-0.25, -0.2) is 23.2 Å². The number of nitrogens with two attached hydrogens (primary N) is 1. The van der Waals surface area contributed by atoms with Crippen LogP contribution in [0.4, 0.5) is 24.1 Å². The van der Waals surface area contributed by atoms with Gasteiger partial charge in [0.05, 0.1) is 65.1 Å². The molecule has 106 heavy (non-hydrogen) atoms. The summed E-state index contributed by atoms with van der Waals surface area (Å²) in [6, 6.07) is 2.05. The molecule has 1 saturated heterocycles. The molecule has 1 aromatic carbocycles. The Morgan fingerprint density at radius 2 is 1.42 bits per heavy atom. The van der Waals surface area contributed by atoms with Crippen molar-refractivity contribution in [2.45, 2.75) is 225 Å². The van der Waals surface area contributed by atoms with Crippen molar-refractivity contribution in [2.75, 3.05) is 77.9 Å². The third-order valence-electron chi connectivity index (χ3n) is 22.1. The van der Waals surface area contributed by atoms with Gasteiger partial charge in [-0.05, 0) is 156 Å². The number of urea groups is 1. The molecule has 5 fully saturated rings. The number of hydrogen-bond acceptors (Lipinski definition) is 19. The maximum absolute atomic E-state index is 18.1. The summed E-state index contributed by atoms with van der Waals surface area (Å²) in [5, 5.41) is 30.9. The van der Waals surface area contributed by atoms with E-state index in [-0.39, 0.29) is 95.3 Å². The van der Waals surface area contributed by atoms with E-state index in [9.17, 15) is 53.1 Å². The SMILES string of the molecule is CCCC1O[C@@H]2C[C@H]3[C@@H]4C[C@H](F)C5=CC(=O)C=C[C@]5(C)[C@@]4(F)[C@@H](O)C[C@]3(C)[C@]2(C(=O)COC(=O)C(C)(C)NC(=O)[C@H](CC(C)C)NC(=O)OCc2ccc(NC(=O)[C@H](CCCNC(N)=O)NC(=O)[C@@H](NC(=O)CCOCCOCCOCCOCCNC(=O)CCC3[C@H]4CCC#CCC[C@@H]34)C(C)C)cc2)O1. The van der Waals surface area contributed by atoms with E-state index in [0.29, 0.717) is 76.0 Å². The topological polar surface area (TPSA) is 375 Å². The van der Waals surface area contributed by atoms with Gasteiger partial charge in [0.2, 0.25) is 35.3 Å². The molecule has 8 rings (SSSR count). The summed E-state index contributed by atoms with van der Waals surface area (Å²) in [4.78, 5) is 133. The molecule has 0 radical (unpaired) electrons. The number of fused-ring (bicyclic) bond motifs is 8. The highest BCUT2D eigenvalue weighted by atomic mass is 19.1. The fourth-order valence-corrected chi connectivity index (χ4v) is 16.6. The molecule has 2 unspecified atom stereocenters. The predicted octanol–water partition coefficient (Wildman–Crippen LogP) is 6.35. The van der Waals surface area contributed by atoms with Crippen LogP contribution in [-0.2, 0) is 82.9 Å². The van der Waals surface area contributed by atoms with Crippen LogP contribution in [0, 0.1) is 64.1 Å². The lowest BCUT2D eigenvalue weighted by Crippen LogP contribution is -2.71. The standard InChI is InChI=1S/C77H112F2N8O19/c1-10-16-65-105-62-42-54-55-41-57(78)56-40-50(88)26-28-74(56,8)76(55,79)60(89)43-75(54,9)77(62,106-65)61(90)45-103-70(96)73(6,7)87-68(94)59(39-46(2)3)85-72(98)104-44-48-20-22-49(23-21-48)83-67(93)58(19-15-29-82-71(80)97)84-69(95)66(47(4)5)86-64(92)27-31-99-33-35-101-37-38-102-36-34-100-32-30-81-63(91)25-24-53-51-17-13-11-12-14-18-52(51)53/h20-23,26,28,40,46-47,51-55,57-60,62,65-66,89H,10,13-19,24-25,27,29-39,41-45H2,1-9H3,(H,81,91)(H,83,93)(H,84,95)(H,85,98)(H,86,92)(H,87,94)(H3,80,82,97)/t51-,52+,53?,54-,55-,57-,58-,59-,60-,62+,65?,66-,74-,75-,76-,77+/m0/s1. The normalized spacial score (nSPS) is 28.3. The largest absolute Gasteiger partial charge is 0.456 e. The third-order valence-corrected chi connectivity index (χ3v) is 22.1. The van der Waals surface area contributed by atoms with Crippen LogP contribution >= 0.6 is 0 Å². The molecule has 0 spiro atoms. The van der Waals surface area contributed by atoms with Crippen molar-refractivity contribution in [1.29, 1.82) is 0 Å². The van der Waals surface area contributed by atoms with Gasteiger partial charge in [-0.2, -0.15) is 0 Å². The number of aliphatic hydroxyl groups excluding tert-OH is 1. The van der Waals surface area contributed by atoms with Crippen molar-refractivity contribution in [3.63, 3.8) is 0 Å². The van der Waals surface area contributed by atoms with Gasteiger partial charge in [0.1, 0.15) is 36.4 Å². The minimum atomic E-state index is -2.43. The lowest BCUT2D eigenvalue weighted by molar-refractivity contribution is -0.235. The number of esters is 1. The molecular formula is C77H112F2N8O19. The van der Waals surface area contributed by atoms with Crippen LogP contribution in [0.25, 0.3) is 0 Å². The van der Waals surface area contributed by atoms with Crippen LogP contribution in [0.5, 0.6) is 0 Å². The number of rotatable bonds is 41. The van der Waals surface area contributed by atoms with E-state index < -0.39 is 148 Å². The van der Waals surface area contributed by atoms with Crippen molar-refractivity contribution in [2.24, 2.45) is 58.0 Å². The fraction of sp³-hybridized carbons (Fsp3) is 0.714. The summed E-state index contributed by atoms with van der Waals surface area (Å²) < 4.78 is 80.7. The number of ketones is 2. The molecule has 1 heterocycles. The van der Waals surface area contributed by atoms with Crippen LogP contribution in [0.3, 0.4) is 0 Å². The Labute approximate surface area is 620 Å². The van der Waals surface area contributed by atoms with Gasteiger partial charge in [0, 0.05) is 61.2 Å². The number of allylic oxidation sites excluding steroid dienone is 4. The smallest absolute Gasteiger partial charge is 0.408 e. The maximum atomic E-state index is 18.1. The monoisotopic (exact) mass is 1490 g/mol. The first-order chi connectivity index (χ1) is 50.4. The van der Waals surface area contributed by atoms with Gasteiger partial charge in [-0.15, -0.1) is 11.8 Å². The lowest BCUT2D eigenvalue weighted by Gasteiger charge is -2.63. The van der Waals surface area contributed by atoms with Crippen LogP contribution < -0.4 is 43.0 Å². The van der Waals surface area contributed by atoms with Gasteiger partial charge in [0.25, 0.3) is 0 Å². The quantitative estimate of drug-likeness (QED) is 0.0196. The van der Waals surface area contributed by atoms with E-state index in [0.717, 1.165) is 50.0 Å². The Morgan fingerprint density at radius 3 is 2.05 bits per heavy atom. The van der Waals surface area contributed by atoms with E-state index in [2.05, 4.69) is 49.1 Å². The summed E-state index contributed by atoms with van der Waals surface area (Å²) in [5.74, 6) is 1.48. The first-order valence-electron chi connectivity index (χ1n) is 37.7. The fourth-order valence-electron chi connectivity index (χ4n) is 16.6. The van der Waals surface area contributed by atoms with E-state index in [4.69, 9.17) is 43.6 Å². The first kappa shape index (κ1) is 84.2. The van der Waals surface area contributed by atoms with Crippen LogP contribution in [0.15, 0.2) is 48.1 Å². The van der Waals surface area contributed by atoms with Crippen LogP contribution in [0.2, 0.25) is 0 Å². The highest BCUT2D eigenvalue weighted by Crippen LogP contribution is 2.72. The van der Waals surface area contributed by atoms with E-state index in [1.165, 1.54) is 45.1 Å². The zero-order chi connectivity index (χ0) is 77.2. The van der Waals surface area contributed by atoms with E-state index in [1.807, 2.05) is 20.8 Å². The Bertz CT molecular complexity index is 3380. The number of primary amides is 1. The molecule has 7 aliphatic rings. The summed E-state index contributed by atoms with van der Waals surface area (Å²) in [5.41, 5.74) is -3.11. The predicted molar refractivity (Wildman–Crippen MR) is 384 cm³/mol. The third kappa shape index (κ3) is 20.9. The van der Waals surface area contributed by atoms with E-state index >= 15 is 8.78 Å². The Balaban J connectivity index is 0.738. The molecule has 1 aliphatic heterocycles. The average Bonchev–Trinajstić information content (AvgIpc) is 1.43. The zero-order valence-corrected chi connectivity index (χ0v) is 62.8. The van der Waals surface area contributed by atoms with Gasteiger partial charge < -0.3 is 86.0 Å².